The molecule has 3 aromatic rings. The first-order valence-corrected chi connectivity index (χ1v) is 10.3. The zero-order valence-corrected chi connectivity index (χ0v) is 16.5. The normalized spacial score (nSPS) is 12.8. The number of nitrogens with one attached hydrogen (secondary N) is 1. The summed E-state index contributed by atoms with van der Waals surface area (Å²) in [5.74, 6) is -0.795. The van der Waals surface area contributed by atoms with E-state index in [2.05, 4.69) is 5.32 Å². The molecule has 3 amide bonds. The molecule has 1 N–H and O–H groups in total. The molecule has 3 aromatic carbocycles. The summed E-state index contributed by atoms with van der Waals surface area (Å²) >= 11 is 1.64. The Kier molecular flexibility index (Phi) is 5.18. The van der Waals surface area contributed by atoms with Gasteiger partial charge >= 0.3 is 0 Å². The maximum absolute atomic E-state index is 12.5. The van der Waals surface area contributed by atoms with Crippen molar-refractivity contribution in [1.29, 1.82) is 0 Å². The summed E-state index contributed by atoms with van der Waals surface area (Å²) < 4.78 is 0. The Morgan fingerprint density at radius 2 is 1.45 bits per heavy atom. The lowest BCUT2D eigenvalue weighted by Gasteiger charge is -2.14. The lowest BCUT2D eigenvalue weighted by atomic mass is 10.1. The third kappa shape index (κ3) is 3.79. The van der Waals surface area contributed by atoms with Gasteiger partial charge in [-0.05, 0) is 60.4 Å². The maximum Gasteiger partial charge on any atom is 0.261 e. The van der Waals surface area contributed by atoms with Crippen LogP contribution >= 0.6 is 11.8 Å². The molecule has 6 heteroatoms. The molecule has 29 heavy (non-hydrogen) atoms. The van der Waals surface area contributed by atoms with Crippen molar-refractivity contribution in [2.24, 2.45) is 0 Å². The van der Waals surface area contributed by atoms with Gasteiger partial charge in [-0.1, -0.05) is 24.3 Å². The van der Waals surface area contributed by atoms with E-state index in [1.54, 1.807) is 60.3 Å². The average molecular weight is 402 g/mol. The summed E-state index contributed by atoms with van der Waals surface area (Å²) in [6, 6.07) is 21.3. The molecule has 0 unspecified atom stereocenters. The molecule has 0 aliphatic carbocycles. The highest BCUT2D eigenvalue weighted by molar-refractivity contribution is 7.98. The maximum atomic E-state index is 12.5. The average Bonchev–Trinajstić information content (AvgIpc) is 3.00. The number of imide groups is 1. The third-order valence-electron chi connectivity index (χ3n) is 4.78. The molecule has 5 nitrogen and oxygen atoms in total. The molecular formula is C23H18N2O3S. The fourth-order valence-electron chi connectivity index (χ4n) is 3.20. The van der Waals surface area contributed by atoms with Crippen molar-refractivity contribution >= 4 is 35.2 Å². The number of thioether (sulfide) groups is 1. The smallest absolute Gasteiger partial charge is 0.261 e. The summed E-state index contributed by atoms with van der Waals surface area (Å²) in [6.07, 6.45) is 2.00. The van der Waals surface area contributed by atoms with Crippen molar-refractivity contribution in [3.8, 4) is 0 Å². The molecule has 4 rings (SSSR count). The van der Waals surface area contributed by atoms with Crippen molar-refractivity contribution in [3.63, 3.8) is 0 Å². The molecular weight excluding hydrogens is 384 g/mol. The lowest BCUT2D eigenvalue weighted by Crippen LogP contribution is -2.29. The lowest BCUT2D eigenvalue weighted by molar-refractivity contribution is 0.0642. The van der Waals surface area contributed by atoms with Crippen LogP contribution in [-0.4, -0.2) is 28.9 Å². The van der Waals surface area contributed by atoms with Gasteiger partial charge in [0.25, 0.3) is 17.7 Å². The Morgan fingerprint density at radius 3 is 2.00 bits per heavy atom. The van der Waals surface area contributed by atoms with Gasteiger partial charge < -0.3 is 5.32 Å². The SMILES string of the molecule is CSc1ccc(NC(=O)c2ccc(CN3C(=O)c4ccccc4C3=O)cc2)cc1. The highest BCUT2D eigenvalue weighted by Gasteiger charge is 2.34. The first kappa shape index (κ1) is 19.0. The van der Waals surface area contributed by atoms with E-state index in [-0.39, 0.29) is 24.3 Å². The second-order valence-corrected chi connectivity index (χ2v) is 7.50. The molecule has 0 saturated carbocycles. The number of carbonyl (C=O) groups excluding carboxylic acids is 3. The van der Waals surface area contributed by atoms with Crippen LogP contribution in [0.15, 0.2) is 77.7 Å². The van der Waals surface area contributed by atoms with Crippen molar-refractivity contribution in [2.45, 2.75) is 11.4 Å². The minimum Gasteiger partial charge on any atom is -0.322 e. The van der Waals surface area contributed by atoms with Crippen LogP contribution in [0.2, 0.25) is 0 Å². The first-order chi connectivity index (χ1) is 14.1. The number of benzene rings is 3. The number of rotatable bonds is 5. The van der Waals surface area contributed by atoms with E-state index in [4.69, 9.17) is 0 Å². The number of anilines is 1. The van der Waals surface area contributed by atoms with Crippen molar-refractivity contribution in [2.75, 3.05) is 11.6 Å². The zero-order chi connectivity index (χ0) is 20.4. The summed E-state index contributed by atoms with van der Waals surface area (Å²) in [4.78, 5) is 39.7. The minimum atomic E-state index is -0.291. The molecule has 1 heterocycles. The number of hydrogen-bond acceptors (Lipinski definition) is 4. The molecule has 0 radical (unpaired) electrons. The topological polar surface area (TPSA) is 66.5 Å². The number of amides is 3. The van der Waals surface area contributed by atoms with Crippen LogP contribution in [0, 0.1) is 0 Å². The first-order valence-electron chi connectivity index (χ1n) is 9.06. The van der Waals surface area contributed by atoms with Gasteiger partial charge in [-0.2, -0.15) is 0 Å². The molecule has 0 saturated heterocycles. The van der Waals surface area contributed by atoms with Crippen molar-refractivity contribution in [1.82, 2.24) is 4.90 Å². The third-order valence-corrected chi connectivity index (χ3v) is 5.53. The summed E-state index contributed by atoms with van der Waals surface area (Å²) in [5, 5.41) is 2.86. The van der Waals surface area contributed by atoms with E-state index in [0.29, 0.717) is 16.7 Å². The molecule has 1 aliphatic rings. The predicted octanol–water partition coefficient (Wildman–Crippen LogP) is 4.46. The summed E-state index contributed by atoms with van der Waals surface area (Å²) in [7, 11) is 0. The second-order valence-electron chi connectivity index (χ2n) is 6.62. The molecule has 0 spiro atoms. The predicted molar refractivity (Wildman–Crippen MR) is 113 cm³/mol. The number of fused-ring (bicyclic) bond motifs is 1. The van der Waals surface area contributed by atoms with Gasteiger partial charge in [0.05, 0.1) is 17.7 Å². The van der Waals surface area contributed by atoms with Crippen LogP contribution in [0.3, 0.4) is 0 Å². The van der Waals surface area contributed by atoms with Crippen LogP contribution in [0.4, 0.5) is 5.69 Å². The quantitative estimate of drug-likeness (QED) is 0.506. The van der Waals surface area contributed by atoms with Crippen molar-refractivity contribution in [3.05, 3.63) is 95.1 Å². The van der Waals surface area contributed by atoms with E-state index in [0.717, 1.165) is 16.1 Å². The van der Waals surface area contributed by atoms with Crippen LogP contribution in [0.25, 0.3) is 0 Å². The molecule has 1 aliphatic heterocycles. The number of carbonyl (C=O) groups is 3. The highest BCUT2D eigenvalue weighted by Crippen LogP contribution is 2.24. The zero-order valence-electron chi connectivity index (χ0n) is 15.7. The van der Waals surface area contributed by atoms with Gasteiger partial charge in [0, 0.05) is 16.1 Å². The van der Waals surface area contributed by atoms with Gasteiger partial charge in [0.1, 0.15) is 0 Å². The largest absolute Gasteiger partial charge is 0.322 e. The van der Waals surface area contributed by atoms with Crippen molar-refractivity contribution < 1.29 is 14.4 Å². The Morgan fingerprint density at radius 1 is 0.862 bits per heavy atom. The minimum absolute atomic E-state index is 0.171. The van der Waals surface area contributed by atoms with E-state index < -0.39 is 0 Å². The van der Waals surface area contributed by atoms with Gasteiger partial charge in [-0.15, -0.1) is 11.8 Å². The van der Waals surface area contributed by atoms with Crippen LogP contribution in [-0.2, 0) is 6.54 Å². The van der Waals surface area contributed by atoms with Crippen LogP contribution in [0.1, 0.15) is 36.6 Å². The second kappa shape index (κ2) is 7.93. The van der Waals surface area contributed by atoms with Gasteiger partial charge in [-0.25, -0.2) is 0 Å². The van der Waals surface area contributed by atoms with Crippen LogP contribution < -0.4 is 5.32 Å². The Labute approximate surface area is 172 Å². The van der Waals surface area contributed by atoms with E-state index in [9.17, 15) is 14.4 Å². The molecule has 0 bridgehead atoms. The van der Waals surface area contributed by atoms with Gasteiger partial charge in [0.2, 0.25) is 0 Å². The van der Waals surface area contributed by atoms with Gasteiger partial charge in [0.15, 0.2) is 0 Å². The fraction of sp³-hybridized carbons (Fsp3) is 0.0870. The number of hydrogen-bond donors (Lipinski definition) is 1. The molecule has 144 valence electrons. The van der Waals surface area contributed by atoms with E-state index in [1.807, 2.05) is 30.5 Å². The number of nitrogens with zero attached hydrogens (tertiary/aromatic N) is 1. The Bertz CT molecular complexity index is 1060. The Hall–Kier alpha value is -3.38. The monoisotopic (exact) mass is 402 g/mol. The van der Waals surface area contributed by atoms with E-state index in [1.165, 1.54) is 4.90 Å². The molecule has 0 atom stereocenters. The summed E-state index contributed by atoms with van der Waals surface area (Å²) in [6.45, 7) is 0.171. The molecule has 0 aromatic heterocycles. The summed E-state index contributed by atoms with van der Waals surface area (Å²) in [5.41, 5.74) is 2.87. The fourth-order valence-corrected chi connectivity index (χ4v) is 3.61. The standard InChI is InChI=1S/C23H18N2O3S/c1-29-18-12-10-17(11-13-18)24-21(26)16-8-6-15(7-9-16)14-25-22(27)19-4-2-3-5-20(19)23(25)28/h2-13H,14H2,1H3,(H,24,26). The van der Waals surface area contributed by atoms with Crippen LogP contribution in [0.5, 0.6) is 0 Å². The van der Waals surface area contributed by atoms with E-state index >= 15 is 0 Å². The Balaban J connectivity index is 1.43. The van der Waals surface area contributed by atoms with Gasteiger partial charge in [-0.3, -0.25) is 19.3 Å². The molecule has 0 fully saturated rings. The highest BCUT2D eigenvalue weighted by atomic mass is 32.2.